The molecule has 1 N–H and O–H groups in total. The number of hydrogen-bond acceptors (Lipinski definition) is 2. The topological polar surface area (TPSA) is 42.1 Å². The number of ether oxygens (including phenoxy) is 1. The number of hydrogen-bond donors (Lipinski definition) is 1. The summed E-state index contributed by atoms with van der Waals surface area (Å²) in [6, 6.07) is 14.3. The molecule has 2 aromatic carbocycles. The van der Waals surface area contributed by atoms with Gasteiger partial charge in [-0.1, -0.05) is 30.3 Å². The van der Waals surface area contributed by atoms with Crippen LogP contribution in [0.25, 0.3) is 28.2 Å². The summed E-state index contributed by atoms with van der Waals surface area (Å²) in [5.41, 5.74) is 3.32. The molecule has 0 atom stereocenters. The smallest absolute Gasteiger partial charge is 0.330 e. The number of aromatic nitrogens is 1. The minimum atomic E-state index is -0.400. The van der Waals surface area contributed by atoms with Crippen molar-refractivity contribution >= 4 is 22.9 Å². The molecule has 0 saturated carbocycles. The minimum Gasteiger partial charge on any atom is -0.463 e. The number of carbonyl (C=O) groups is 1. The number of fused-ring (bicyclic) bond motifs is 1. The molecule has 4 heteroatoms. The monoisotopic (exact) mass is 309 g/mol. The van der Waals surface area contributed by atoms with Gasteiger partial charge in [0.25, 0.3) is 0 Å². The first kappa shape index (κ1) is 15.0. The zero-order chi connectivity index (χ0) is 16.2. The molecule has 0 aliphatic rings. The highest BCUT2D eigenvalue weighted by Gasteiger charge is 2.12. The Bertz CT molecular complexity index is 866. The second-order valence-corrected chi connectivity index (χ2v) is 5.05. The molecule has 1 heterocycles. The molecule has 0 amide bonds. The molecule has 116 valence electrons. The van der Waals surface area contributed by atoms with E-state index in [4.69, 9.17) is 4.74 Å². The van der Waals surface area contributed by atoms with Gasteiger partial charge in [0.2, 0.25) is 0 Å². The standard InChI is InChI=1S/C19H16FNO2/c1-2-23-18(22)11-10-16-15-9-8-14(20)12-17(15)21-19(16)13-6-4-3-5-7-13/h3-12,21H,2H2,1H3/b11-10+. The molecule has 23 heavy (non-hydrogen) atoms. The Hall–Kier alpha value is -2.88. The lowest BCUT2D eigenvalue weighted by Crippen LogP contribution is -1.98. The van der Waals surface area contributed by atoms with E-state index < -0.39 is 5.97 Å². The van der Waals surface area contributed by atoms with Crippen molar-refractivity contribution in [1.82, 2.24) is 4.98 Å². The molecule has 0 unspecified atom stereocenters. The molecule has 0 saturated heterocycles. The van der Waals surface area contributed by atoms with Crippen molar-refractivity contribution in [3.63, 3.8) is 0 Å². The van der Waals surface area contributed by atoms with Gasteiger partial charge in [-0.2, -0.15) is 0 Å². The highest BCUT2D eigenvalue weighted by molar-refractivity contribution is 5.99. The third kappa shape index (κ3) is 3.16. The summed E-state index contributed by atoms with van der Waals surface area (Å²) in [6.45, 7) is 2.09. The van der Waals surface area contributed by atoms with Crippen LogP contribution in [0.2, 0.25) is 0 Å². The first-order chi connectivity index (χ1) is 11.2. The van der Waals surface area contributed by atoms with Gasteiger partial charge in [-0.15, -0.1) is 0 Å². The number of H-pyrrole nitrogens is 1. The summed E-state index contributed by atoms with van der Waals surface area (Å²) in [5.74, 6) is -0.706. The van der Waals surface area contributed by atoms with Crippen LogP contribution in [0.3, 0.4) is 0 Å². The number of aromatic amines is 1. The molecule has 0 aliphatic carbocycles. The Morgan fingerprint density at radius 2 is 2.00 bits per heavy atom. The Labute approximate surface area is 133 Å². The maximum Gasteiger partial charge on any atom is 0.330 e. The van der Waals surface area contributed by atoms with Crippen LogP contribution < -0.4 is 0 Å². The van der Waals surface area contributed by atoms with Crippen LogP contribution in [0, 0.1) is 5.82 Å². The van der Waals surface area contributed by atoms with E-state index in [1.165, 1.54) is 18.2 Å². The maximum atomic E-state index is 13.5. The van der Waals surface area contributed by atoms with Gasteiger partial charge in [-0.3, -0.25) is 0 Å². The van der Waals surface area contributed by atoms with Crippen LogP contribution in [-0.4, -0.2) is 17.6 Å². The quantitative estimate of drug-likeness (QED) is 0.567. The summed E-state index contributed by atoms with van der Waals surface area (Å²) in [6.07, 6.45) is 3.10. The van der Waals surface area contributed by atoms with Gasteiger partial charge in [-0.05, 0) is 36.8 Å². The van der Waals surface area contributed by atoms with Gasteiger partial charge in [0.15, 0.2) is 0 Å². The lowest BCUT2D eigenvalue weighted by Gasteiger charge is -2.01. The summed E-state index contributed by atoms with van der Waals surface area (Å²) >= 11 is 0. The molecule has 3 rings (SSSR count). The Morgan fingerprint density at radius 3 is 2.74 bits per heavy atom. The van der Waals surface area contributed by atoms with E-state index in [2.05, 4.69) is 4.98 Å². The third-order valence-corrected chi connectivity index (χ3v) is 3.54. The van der Waals surface area contributed by atoms with E-state index in [0.717, 1.165) is 22.2 Å². The first-order valence-electron chi connectivity index (χ1n) is 7.40. The van der Waals surface area contributed by atoms with E-state index in [0.29, 0.717) is 12.1 Å². The maximum absolute atomic E-state index is 13.5. The molecule has 1 aromatic heterocycles. The third-order valence-electron chi connectivity index (χ3n) is 3.54. The molecule has 0 aliphatic heterocycles. The molecule has 0 radical (unpaired) electrons. The zero-order valence-electron chi connectivity index (χ0n) is 12.7. The zero-order valence-corrected chi connectivity index (χ0v) is 12.7. The average molecular weight is 309 g/mol. The lowest BCUT2D eigenvalue weighted by atomic mass is 10.0. The van der Waals surface area contributed by atoms with Crippen molar-refractivity contribution in [2.75, 3.05) is 6.61 Å². The van der Waals surface area contributed by atoms with Crippen molar-refractivity contribution in [3.8, 4) is 11.3 Å². The van der Waals surface area contributed by atoms with E-state index in [9.17, 15) is 9.18 Å². The summed E-state index contributed by atoms with van der Waals surface area (Å²) in [4.78, 5) is 14.8. The number of nitrogens with one attached hydrogen (secondary N) is 1. The summed E-state index contributed by atoms with van der Waals surface area (Å²) < 4.78 is 18.4. The average Bonchev–Trinajstić information content (AvgIpc) is 2.91. The van der Waals surface area contributed by atoms with Crippen LogP contribution in [-0.2, 0) is 9.53 Å². The van der Waals surface area contributed by atoms with Gasteiger partial charge in [0.05, 0.1) is 12.3 Å². The Balaban J connectivity index is 2.14. The van der Waals surface area contributed by atoms with E-state index in [1.807, 2.05) is 30.3 Å². The summed E-state index contributed by atoms with van der Waals surface area (Å²) in [7, 11) is 0. The fourth-order valence-corrected chi connectivity index (χ4v) is 2.54. The van der Waals surface area contributed by atoms with Gasteiger partial charge in [0.1, 0.15) is 5.82 Å². The highest BCUT2D eigenvalue weighted by Crippen LogP contribution is 2.31. The molecular formula is C19H16FNO2. The largest absolute Gasteiger partial charge is 0.463 e. The van der Waals surface area contributed by atoms with Gasteiger partial charge in [0, 0.05) is 22.5 Å². The van der Waals surface area contributed by atoms with E-state index in [1.54, 1.807) is 19.1 Å². The van der Waals surface area contributed by atoms with Crippen LogP contribution in [0.15, 0.2) is 54.6 Å². The van der Waals surface area contributed by atoms with E-state index >= 15 is 0 Å². The van der Waals surface area contributed by atoms with Crippen molar-refractivity contribution in [2.45, 2.75) is 6.92 Å². The number of benzene rings is 2. The van der Waals surface area contributed by atoms with Gasteiger partial charge in [-0.25, -0.2) is 9.18 Å². The molecule has 0 fully saturated rings. The van der Waals surface area contributed by atoms with Crippen molar-refractivity contribution in [2.24, 2.45) is 0 Å². The Kier molecular flexibility index (Phi) is 4.24. The lowest BCUT2D eigenvalue weighted by molar-refractivity contribution is -0.137. The number of halogens is 1. The van der Waals surface area contributed by atoms with Gasteiger partial charge < -0.3 is 9.72 Å². The molecule has 0 spiro atoms. The van der Waals surface area contributed by atoms with Crippen LogP contribution >= 0.6 is 0 Å². The SMILES string of the molecule is CCOC(=O)/C=C/c1c(-c2ccccc2)[nH]c2cc(F)ccc12. The molecule has 3 aromatic rings. The Morgan fingerprint density at radius 1 is 1.22 bits per heavy atom. The fraction of sp³-hybridized carbons (Fsp3) is 0.105. The first-order valence-corrected chi connectivity index (χ1v) is 7.40. The highest BCUT2D eigenvalue weighted by atomic mass is 19.1. The minimum absolute atomic E-state index is 0.306. The second-order valence-electron chi connectivity index (χ2n) is 5.05. The number of rotatable bonds is 4. The predicted octanol–water partition coefficient (Wildman–Crippen LogP) is 4.55. The second kappa shape index (κ2) is 6.48. The van der Waals surface area contributed by atoms with Crippen LogP contribution in [0.4, 0.5) is 4.39 Å². The normalized spacial score (nSPS) is 11.2. The van der Waals surface area contributed by atoms with E-state index in [-0.39, 0.29) is 5.82 Å². The summed E-state index contributed by atoms with van der Waals surface area (Å²) in [5, 5.41) is 0.853. The van der Waals surface area contributed by atoms with Crippen molar-refractivity contribution in [1.29, 1.82) is 0 Å². The van der Waals surface area contributed by atoms with Crippen LogP contribution in [0.5, 0.6) is 0 Å². The fourth-order valence-electron chi connectivity index (χ4n) is 2.54. The van der Waals surface area contributed by atoms with Crippen molar-refractivity contribution in [3.05, 3.63) is 66.0 Å². The molecular weight excluding hydrogens is 293 g/mol. The van der Waals surface area contributed by atoms with Crippen molar-refractivity contribution < 1.29 is 13.9 Å². The number of esters is 1. The number of carbonyl (C=O) groups excluding carboxylic acids is 1. The molecule has 0 bridgehead atoms. The van der Waals surface area contributed by atoms with Crippen LogP contribution in [0.1, 0.15) is 12.5 Å². The van der Waals surface area contributed by atoms with Gasteiger partial charge >= 0.3 is 5.97 Å². The predicted molar refractivity (Wildman–Crippen MR) is 89.4 cm³/mol. The molecule has 3 nitrogen and oxygen atoms in total.